The van der Waals surface area contributed by atoms with E-state index in [-0.39, 0.29) is 0 Å². The van der Waals surface area contributed by atoms with Gasteiger partial charge in [0.25, 0.3) is 0 Å². The van der Waals surface area contributed by atoms with Crippen LogP contribution in [0.15, 0.2) is 48.8 Å². The molecule has 0 atom stereocenters. The molecule has 1 aliphatic carbocycles. The number of aromatic amines is 1. The van der Waals surface area contributed by atoms with Gasteiger partial charge in [-0.3, -0.25) is 0 Å². The minimum Gasteiger partial charge on any atom is -0.369 e. The zero-order valence-electron chi connectivity index (χ0n) is 18.7. The molecule has 0 amide bonds. The molecule has 168 valence electrons. The average Bonchev–Trinajstić information content (AvgIpc) is 3.61. The zero-order chi connectivity index (χ0) is 22.4. The van der Waals surface area contributed by atoms with E-state index in [2.05, 4.69) is 68.8 Å². The summed E-state index contributed by atoms with van der Waals surface area (Å²) in [6, 6.07) is 13.2. The van der Waals surface area contributed by atoms with Gasteiger partial charge in [0.05, 0.1) is 16.9 Å². The minimum atomic E-state index is 0.537. The van der Waals surface area contributed by atoms with Crippen LogP contribution in [0.1, 0.15) is 29.9 Å². The number of anilines is 3. The van der Waals surface area contributed by atoms with Crippen LogP contribution in [-0.4, -0.2) is 41.1 Å². The van der Waals surface area contributed by atoms with Gasteiger partial charge in [0, 0.05) is 60.2 Å². The van der Waals surface area contributed by atoms with Crippen molar-refractivity contribution in [2.45, 2.75) is 25.7 Å². The van der Waals surface area contributed by atoms with Crippen LogP contribution in [0, 0.1) is 6.92 Å². The first-order chi connectivity index (χ1) is 16.1. The van der Waals surface area contributed by atoms with Crippen molar-refractivity contribution in [1.29, 1.82) is 0 Å². The molecule has 4 aromatic rings. The third-order valence-corrected chi connectivity index (χ3v) is 6.84. The highest BCUT2D eigenvalue weighted by Crippen LogP contribution is 2.43. The van der Waals surface area contributed by atoms with Crippen molar-refractivity contribution < 1.29 is 0 Å². The molecule has 0 unspecified atom stereocenters. The number of halogens is 1. The summed E-state index contributed by atoms with van der Waals surface area (Å²) < 4.78 is 0. The van der Waals surface area contributed by atoms with Gasteiger partial charge < -0.3 is 20.5 Å². The molecule has 2 aliphatic rings. The van der Waals surface area contributed by atoms with Crippen LogP contribution in [0.25, 0.3) is 22.2 Å². The molecule has 0 spiro atoms. The molecule has 7 heteroatoms. The molecule has 1 aliphatic heterocycles. The van der Waals surface area contributed by atoms with Gasteiger partial charge in [-0.1, -0.05) is 23.7 Å². The van der Waals surface area contributed by atoms with E-state index in [1.165, 1.54) is 29.7 Å². The van der Waals surface area contributed by atoms with Crippen LogP contribution >= 0.6 is 11.6 Å². The van der Waals surface area contributed by atoms with E-state index in [1.54, 1.807) is 6.20 Å². The van der Waals surface area contributed by atoms with E-state index < -0.39 is 0 Å². The fraction of sp³-hybridized carbons (Fsp3) is 0.308. The maximum absolute atomic E-state index is 6.54. The molecule has 6 rings (SSSR count). The molecule has 2 aromatic carbocycles. The number of rotatable bonds is 5. The predicted octanol–water partition coefficient (Wildman–Crippen LogP) is 5.62. The average molecular weight is 459 g/mol. The van der Waals surface area contributed by atoms with E-state index >= 15 is 0 Å². The first-order valence-corrected chi connectivity index (χ1v) is 12.0. The van der Waals surface area contributed by atoms with Crippen molar-refractivity contribution in [3.8, 4) is 11.3 Å². The lowest BCUT2D eigenvalue weighted by molar-refractivity contribution is 0.589. The van der Waals surface area contributed by atoms with Crippen molar-refractivity contribution in [2.75, 3.05) is 36.4 Å². The lowest BCUT2D eigenvalue weighted by Crippen LogP contribution is -2.43. The highest BCUT2D eigenvalue weighted by atomic mass is 35.5. The van der Waals surface area contributed by atoms with Crippen LogP contribution in [0.5, 0.6) is 0 Å². The van der Waals surface area contributed by atoms with Crippen molar-refractivity contribution in [1.82, 2.24) is 20.3 Å². The smallest absolute Gasteiger partial charge is 0.227 e. The number of H-pyrrole nitrogens is 1. The summed E-state index contributed by atoms with van der Waals surface area (Å²) in [6.07, 6.45) is 6.19. The molecule has 2 fully saturated rings. The number of hydrogen-bond donors (Lipinski definition) is 3. The SMILES string of the molecule is Cc1ccc2c(-c3nc(Nc4cc(C5CC5)cc(N5CCNCC5)c4)ncc3Cl)c[nH]c2c1. The molecular weight excluding hydrogens is 432 g/mol. The minimum absolute atomic E-state index is 0.537. The quantitative estimate of drug-likeness (QED) is 0.362. The van der Waals surface area contributed by atoms with Gasteiger partial charge in [0.1, 0.15) is 0 Å². The van der Waals surface area contributed by atoms with Crippen LogP contribution in [0.3, 0.4) is 0 Å². The van der Waals surface area contributed by atoms with Crippen molar-refractivity contribution in [3.05, 3.63) is 64.9 Å². The van der Waals surface area contributed by atoms with Gasteiger partial charge >= 0.3 is 0 Å². The second-order valence-corrected chi connectivity index (χ2v) is 9.50. The standard InChI is InChI=1S/C26H27ClN6/c1-16-2-5-21-22(14-29-24(21)10-16)25-23(27)15-30-26(32-25)31-19-11-18(17-3-4-17)12-20(13-19)33-8-6-28-7-9-33/h2,5,10-15,17,28-29H,3-4,6-9H2,1H3,(H,30,31,32). The molecule has 3 heterocycles. The number of piperazine rings is 1. The van der Waals surface area contributed by atoms with Crippen molar-refractivity contribution in [3.63, 3.8) is 0 Å². The topological polar surface area (TPSA) is 68.9 Å². The molecule has 1 saturated carbocycles. The fourth-order valence-corrected chi connectivity index (χ4v) is 4.84. The fourth-order valence-electron chi connectivity index (χ4n) is 4.65. The van der Waals surface area contributed by atoms with Gasteiger partial charge in [0.15, 0.2) is 0 Å². The molecular formula is C26H27ClN6. The molecule has 3 N–H and O–H groups in total. The molecule has 33 heavy (non-hydrogen) atoms. The Morgan fingerprint density at radius 2 is 1.94 bits per heavy atom. The van der Waals surface area contributed by atoms with Crippen molar-refractivity contribution in [2.24, 2.45) is 0 Å². The summed E-state index contributed by atoms with van der Waals surface area (Å²) in [5.41, 5.74) is 7.68. The lowest BCUT2D eigenvalue weighted by atomic mass is 10.1. The van der Waals surface area contributed by atoms with E-state index in [0.29, 0.717) is 16.9 Å². The second-order valence-electron chi connectivity index (χ2n) is 9.09. The Balaban J connectivity index is 1.35. The van der Waals surface area contributed by atoms with Gasteiger partial charge in [-0.05, 0) is 61.1 Å². The Labute approximate surface area is 198 Å². The summed E-state index contributed by atoms with van der Waals surface area (Å²) >= 11 is 6.54. The monoisotopic (exact) mass is 458 g/mol. The van der Waals surface area contributed by atoms with Crippen LogP contribution < -0.4 is 15.5 Å². The Bertz CT molecular complexity index is 1320. The van der Waals surface area contributed by atoms with Crippen LogP contribution in [0.2, 0.25) is 5.02 Å². The Kier molecular flexibility index (Phi) is 5.19. The molecule has 2 aromatic heterocycles. The first kappa shape index (κ1) is 20.5. The summed E-state index contributed by atoms with van der Waals surface area (Å²) in [5, 5.41) is 8.53. The summed E-state index contributed by atoms with van der Waals surface area (Å²) in [6.45, 7) is 6.17. The molecule has 6 nitrogen and oxygen atoms in total. The number of benzene rings is 2. The summed E-state index contributed by atoms with van der Waals surface area (Å²) in [5.74, 6) is 1.22. The van der Waals surface area contributed by atoms with Gasteiger partial charge in [-0.25, -0.2) is 9.97 Å². The van der Waals surface area contributed by atoms with Crippen LogP contribution in [-0.2, 0) is 0 Å². The highest BCUT2D eigenvalue weighted by Gasteiger charge is 2.25. The zero-order valence-corrected chi connectivity index (χ0v) is 19.4. The lowest BCUT2D eigenvalue weighted by Gasteiger charge is -2.30. The highest BCUT2D eigenvalue weighted by molar-refractivity contribution is 6.33. The number of aryl methyl sites for hydroxylation is 1. The Morgan fingerprint density at radius 1 is 1.09 bits per heavy atom. The number of nitrogens with one attached hydrogen (secondary N) is 3. The predicted molar refractivity (Wildman–Crippen MR) is 136 cm³/mol. The van der Waals surface area contributed by atoms with E-state index in [0.717, 1.165) is 54.0 Å². The third kappa shape index (κ3) is 4.16. The van der Waals surface area contributed by atoms with Crippen LogP contribution in [0.4, 0.5) is 17.3 Å². The maximum atomic E-state index is 6.54. The van der Waals surface area contributed by atoms with Gasteiger partial charge in [0.2, 0.25) is 5.95 Å². The molecule has 0 radical (unpaired) electrons. The number of aromatic nitrogens is 3. The summed E-state index contributed by atoms with van der Waals surface area (Å²) in [4.78, 5) is 15.1. The molecule has 1 saturated heterocycles. The largest absolute Gasteiger partial charge is 0.369 e. The normalized spacial score (nSPS) is 16.4. The van der Waals surface area contributed by atoms with Gasteiger partial charge in [-0.15, -0.1) is 0 Å². The number of hydrogen-bond acceptors (Lipinski definition) is 5. The van der Waals surface area contributed by atoms with E-state index in [9.17, 15) is 0 Å². The maximum Gasteiger partial charge on any atom is 0.227 e. The Hall–Kier alpha value is -3.09. The second kappa shape index (κ2) is 8.36. The number of fused-ring (bicyclic) bond motifs is 1. The van der Waals surface area contributed by atoms with Gasteiger partial charge in [-0.2, -0.15) is 0 Å². The third-order valence-electron chi connectivity index (χ3n) is 6.56. The van der Waals surface area contributed by atoms with Crippen molar-refractivity contribution >= 4 is 39.8 Å². The van der Waals surface area contributed by atoms with E-state index in [1.807, 2.05) is 6.20 Å². The van der Waals surface area contributed by atoms with E-state index in [4.69, 9.17) is 16.6 Å². The summed E-state index contributed by atoms with van der Waals surface area (Å²) in [7, 11) is 0. The number of nitrogens with zero attached hydrogens (tertiary/aromatic N) is 3. The molecule has 0 bridgehead atoms. The Morgan fingerprint density at radius 3 is 2.76 bits per heavy atom. The first-order valence-electron chi connectivity index (χ1n) is 11.6.